The highest BCUT2D eigenvalue weighted by Crippen LogP contribution is 2.32. The fourth-order valence-corrected chi connectivity index (χ4v) is 3.23. The van der Waals surface area contributed by atoms with E-state index in [0.29, 0.717) is 17.1 Å². The summed E-state index contributed by atoms with van der Waals surface area (Å²) >= 11 is 0. The fraction of sp³-hybridized carbons (Fsp3) is 0.526. The third kappa shape index (κ3) is 3.41. The standard InChI is InChI=1S/C19H26N2O3/c1-3-9-20-13-14-7-8-16(23-2)18-15(14)12-17(24-18)19(22)21-10-5-4-6-11-21/h7-8,12,20H,3-6,9-11,13H2,1-2H3. The second-order valence-electron chi connectivity index (χ2n) is 6.31. The van der Waals surface area contributed by atoms with Crippen LogP contribution in [-0.2, 0) is 6.54 Å². The van der Waals surface area contributed by atoms with Gasteiger partial charge in [-0.3, -0.25) is 4.79 Å². The maximum atomic E-state index is 12.7. The van der Waals surface area contributed by atoms with E-state index in [1.165, 1.54) is 6.42 Å². The van der Waals surface area contributed by atoms with Crippen molar-refractivity contribution in [1.29, 1.82) is 0 Å². The number of hydrogen-bond donors (Lipinski definition) is 1. The number of hydrogen-bond acceptors (Lipinski definition) is 4. The molecule has 1 aliphatic heterocycles. The molecule has 0 saturated carbocycles. The minimum atomic E-state index is -0.0135. The first-order valence-electron chi connectivity index (χ1n) is 8.84. The van der Waals surface area contributed by atoms with Gasteiger partial charge in [-0.25, -0.2) is 0 Å². The van der Waals surface area contributed by atoms with Gasteiger partial charge in [0.05, 0.1) is 7.11 Å². The molecular weight excluding hydrogens is 304 g/mol. The van der Waals surface area contributed by atoms with Crippen molar-refractivity contribution >= 4 is 16.9 Å². The summed E-state index contributed by atoms with van der Waals surface area (Å²) < 4.78 is 11.3. The van der Waals surface area contributed by atoms with Crippen LogP contribution in [0, 0.1) is 0 Å². The molecule has 5 heteroatoms. The molecule has 1 N–H and O–H groups in total. The Labute approximate surface area is 143 Å². The van der Waals surface area contributed by atoms with Crippen LogP contribution >= 0.6 is 0 Å². The molecular formula is C19H26N2O3. The number of ether oxygens (including phenoxy) is 1. The van der Waals surface area contributed by atoms with Gasteiger partial charge in [0.2, 0.25) is 0 Å². The number of amides is 1. The summed E-state index contributed by atoms with van der Waals surface area (Å²) in [7, 11) is 1.62. The zero-order chi connectivity index (χ0) is 16.9. The van der Waals surface area contributed by atoms with Crippen LogP contribution in [0.1, 0.15) is 48.7 Å². The monoisotopic (exact) mass is 330 g/mol. The van der Waals surface area contributed by atoms with Gasteiger partial charge in [0.1, 0.15) is 0 Å². The fourth-order valence-electron chi connectivity index (χ4n) is 3.23. The van der Waals surface area contributed by atoms with Crippen molar-refractivity contribution in [3.63, 3.8) is 0 Å². The highest BCUT2D eigenvalue weighted by molar-refractivity contribution is 5.98. The molecule has 2 heterocycles. The maximum Gasteiger partial charge on any atom is 0.289 e. The van der Waals surface area contributed by atoms with E-state index in [4.69, 9.17) is 9.15 Å². The minimum Gasteiger partial charge on any atom is -0.493 e. The number of carbonyl (C=O) groups excluding carboxylic acids is 1. The molecule has 0 spiro atoms. The summed E-state index contributed by atoms with van der Waals surface area (Å²) in [5.74, 6) is 1.07. The van der Waals surface area contributed by atoms with Gasteiger partial charge in [-0.1, -0.05) is 13.0 Å². The third-order valence-corrected chi connectivity index (χ3v) is 4.55. The Balaban J connectivity index is 1.92. The topological polar surface area (TPSA) is 54.7 Å². The molecule has 2 aromatic rings. The summed E-state index contributed by atoms with van der Waals surface area (Å²) in [6.45, 7) is 5.50. The quantitative estimate of drug-likeness (QED) is 0.823. The second kappa shape index (κ2) is 7.71. The number of benzene rings is 1. The first kappa shape index (κ1) is 16.8. The van der Waals surface area contributed by atoms with Gasteiger partial charge >= 0.3 is 0 Å². The Bertz CT molecular complexity index is 702. The Morgan fingerprint density at radius 1 is 1.29 bits per heavy atom. The smallest absolute Gasteiger partial charge is 0.289 e. The molecule has 0 bridgehead atoms. The molecule has 24 heavy (non-hydrogen) atoms. The summed E-state index contributed by atoms with van der Waals surface area (Å²) in [5.41, 5.74) is 1.79. The summed E-state index contributed by atoms with van der Waals surface area (Å²) in [5, 5.41) is 4.36. The lowest BCUT2D eigenvalue weighted by Crippen LogP contribution is -2.35. The summed E-state index contributed by atoms with van der Waals surface area (Å²) in [6, 6.07) is 5.82. The van der Waals surface area contributed by atoms with Crippen LogP contribution in [0.4, 0.5) is 0 Å². The zero-order valence-electron chi connectivity index (χ0n) is 14.6. The van der Waals surface area contributed by atoms with E-state index in [-0.39, 0.29) is 5.91 Å². The second-order valence-corrected chi connectivity index (χ2v) is 6.31. The molecule has 1 saturated heterocycles. The van der Waals surface area contributed by atoms with E-state index >= 15 is 0 Å². The molecule has 1 aromatic heterocycles. The van der Waals surface area contributed by atoms with E-state index in [1.807, 2.05) is 23.1 Å². The van der Waals surface area contributed by atoms with Gasteiger partial charge in [0.15, 0.2) is 17.1 Å². The molecule has 3 rings (SSSR count). The molecule has 0 radical (unpaired) electrons. The minimum absolute atomic E-state index is 0.0135. The first-order valence-corrected chi connectivity index (χ1v) is 8.84. The third-order valence-electron chi connectivity index (χ3n) is 4.55. The number of likely N-dealkylation sites (tertiary alicyclic amines) is 1. The number of carbonyl (C=O) groups is 1. The first-order chi connectivity index (χ1) is 11.7. The normalized spacial score (nSPS) is 15.0. The van der Waals surface area contributed by atoms with Crippen molar-refractivity contribution in [2.24, 2.45) is 0 Å². The molecule has 130 valence electrons. The predicted octanol–water partition coefficient (Wildman–Crippen LogP) is 3.57. The van der Waals surface area contributed by atoms with E-state index in [1.54, 1.807) is 7.11 Å². The largest absolute Gasteiger partial charge is 0.493 e. The Morgan fingerprint density at radius 2 is 2.08 bits per heavy atom. The average molecular weight is 330 g/mol. The lowest BCUT2D eigenvalue weighted by atomic mass is 10.1. The van der Waals surface area contributed by atoms with Crippen molar-refractivity contribution in [1.82, 2.24) is 10.2 Å². The lowest BCUT2D eigenvalue weighted by molar-refractivity contribution is 0.0694. The van der Waals surface area contributed by atoms with E-state index in [0.717, 1.165) is 56.4 Å². The van der Waals surface area contributed by atoms with Gasteiger partial charge in [0.25, 0.3) is 5.91 Å². The summed E-state index contributed by atoms with van der Waals surface area (Å²) in [4.78, 5) is 14.6. The summed E-state index contributed by atoms with van der Waals surface area (Å²) in [6.07, 6.45) is 4.43. The number of methoxy groups -OCH3 is 1. The average Bonchev–Trinajstić information content (AvgIpc) is 3.08. The number of nitrogens with one attached hydrogen (secondary N) is 1. The Kier molecular flexibility index (Phi) is 5.41. The highest BCUT2D eigenvalue weighted by atomic mass is 16.5. The highest BCUT2D eigenvalue weighted by Gasteiger charge is 2.23. The van der Waals surface area contributed by atoms with Crippen LogP contribution in [0.25, 0.3) is 11.0 Å². The van der Waals surface area contributed by atoms with Crippen molar-refractivity contribution in [3.8, 4) is 5.75 Å². The van der Waals surface area contributed by atoms with Crippen molar-refractivity contribution in [2.75, 3.05) is 26.7 Å². The SMILES string of the molecule is CCCNCc1ccc(OC)c2oc(C(=O)N3CCCCC3)cc12. The number of furan rings is 1. The van der Waals surface area contributed by atoms with E-state index in [2.05, 4.69) is 12.2 Å². The molecule has 0 atom stereocenters. The van der Waals surface area contributed by atoms with Gasteiger partial charge in [0, 0.05) is 25.0 Å². The lowest BCUT2D eigenvalue weighted by Gasteiger charge is -2.25. The predicted molar refractivity (Wildman–Crippen MR) is 94.5 cm³/mol. The van der Waals surface area contributed by atoms with Gasteiger partial charge in [-0.15, -0.1) is 0 Å². The van der Waals surface area contributed by atoms with Crippen LogP contribution in [0.3, 0.4) is 0 Å². The van der Waals surface area contributed by atoms with Gasteiger partial charge < -0.3 is 19.4 Å². The molecule has 1 aromatic carbocycles. The molecule has 0 unspecified atom stereocenters. The molecule has 1 fully saturated rings. The maximum absolute atomic E-state index is 12.7. The molecule has 1 amide bonds. The van der Waals surface area contributed by atoms with Crippen LogP contribution in [0.2, 0.25) is 0 Å². The number of fused-ring (bicyclic) bond motifs is 1. The van der Waals surface area contributed by atoms with E-state index in [9.17, 15) is 4.79 Å². The van der Waals surface area contributed by atoms with Crippen molar-refractivity contribution < 1.29 is 13.9 Å². The Hall–Kier alpha value is -2.01. The number of piperidine rings is 1. The van der Waals surface area contributed by atoms with Gasteiger partial charge in [-0.05, 0) is 49.9 Å². The van der Waals surface area contributed by atoms with Crippen LogP contribution < -0.4 is 10.1 Å². The van der Waals surface area contributed by atoms with Crippen molar-refractivity contribution in [2.45, 2.75) is 39.2 Å². The van der Waals surface area contributed by atoms with Gasteiger partial charge in [-0.2, -0.15) is 0 Å². The Morgan fingerprint density at radius 3 is 2.79 bits per heavy atom. The molecule has 5 nitrogen and oxygen atoms in total. The van der Waals surface area contributed by atoms with Crippen LogP contribution in [0.15, 0.2) is 22.6 Å². The molecule has 0 aliphatic carbocycles. The number of rotatable bonds is 6. The van der Waals surface area contributed by atoms with Crippen molar-refractivity contribution in [3.05, 3.63) is 29.5 Å². The molecule has 1 aliphatic rings. The number of nitrogens with zero attached hydrogens (tertiary/aromatic N) is 1. The van der Waals surface area contributed by atoms with Crippen LogP contribution in [0.5, 0.6) is 5.75 Å². The zero-order valence-corrected chi connectivity index (χ0v) is 14.6. The van der Waals surface area contributed by atoms with E-state index < -0.39 is 0 Å². The van der Waals surface area contributed by atoms with Crippen LogP contribution in [-0.4, -0.2) is 37.6 Å².